The molecule has 0 aromatic carbocycles. The molecule has 4 nitrogen and oxygen atoms in total. The average Bonchev–Trinajstić information content (AvgIpc) is 2.87. The Labute approximate surface area is 113 Å². The van der Waals surface area contributed by atoms with Crippen LogP contribution in [0.15, 0.2) is 12.4 Å². The van der Waals surface area contributed by atoms with Crippen molar-refractivity contribution in [3.8, 4) is 0 Å². The molecule has 1 unspecified atom stereocenters. The van der Waals surface area contributed by atoms with Crippen molar-refractivity contribution in [1.82, 2.24) is 14.7 Å². The van der Waals surface area contributed by atoms with Crippen LogP contribution in [-0.4, -0.2) is 46.5 Å². The van der Waals surface area contributed by atoms with Crippen LogP contribution in [-0.2, 0) is 11.3 Å². The summed E-state index contributed by atoms with van der Waals surface area (Å²) in [5.41, 5.74) is 0. The fourth-order valence-electron chi connectivity index (χ4n) is 3.46. The maximum atomic E-state index is 5.88. The quantitative estimate of drug-likeness (QED) is 0.839. The van der Waals surface area contributed by atoms with Gasteiger partial charge in [-0.15, -0.1) is 0 Å². The van der Waals surface area contributed by atoms with Crippen LogP contribution in [0.5, 0.6) is 0 Å². The molecule has 3 rings (SSSR count). The molecule has 100 valence electrons. The van der Waals surface area contributed by atoms with Gasteiger partial charge >= 0.3 is 0 Å². The van der Waals surface area contributed by atoms with E-state index in [4.69, 9.17) is 16.3 Å². The third kappa shape index (κ3) is 2.42. The summed E-state index contributed by atoms with van der Waals surface area (Å²) in [7, 11) is 1.84. The summed E-state index contributed by atoms with van der Waals surface area (Å²) in [5.74, 6) is 0. The van der Waals surface area contributed by atoms with Crippen LogP contribution in [0.3, 0.4) is 0 Å². The number of ether oxygens (including phenoxy) is 1. The molecule has 0 radical (unpaired) electrons. The van der Waals surface area contributed by atoms with Crippen LogP contribution in [0.4, 0.5) is 0 Å². The minimum absolute atomic E-state index is 0.470. The van der Waals surface area contributed by atoms with Crippen molar-refractivity contribution >= 4 is 11.6 Å². The van der Waals surface area contributed by atoms with Gasteiger partial charge in [-0.2, -0.15) is 5.10 Å². The fourth-order valence-corrected chi connectivity index (χ4v) is 3.62. The van der Waals surface area contributed by atoms with Crippen molar-refractivity contribution in [1.29, 1.82) is 0 Å². The van der Waals surface area contributed by atoms with Gasteiger partial charge < -0.3 is 4.74 Å². The number of piperidine rings is 1. The van der Waals surface area contributed by atoms with E-state index in [-0.39, 0.29) is 0 Å². The molecular weight excluding hydrogens is 250 g/mol. The van der Waals surface area contributed by atoms with Crippen LogP contribution in [0.1, 0.15) is 25.7 Å². The van der Waals surface area contributed by atoms with E-state index in [2.05, 4.69) is 10.00 Å². The van der Waals surface area contributed by atoms with Crippen LogP contribution < -0.4 is 0 Å². The number of halogens is 1. The Morgan fingerprint density at radius 3 is 2.61 bits per heavy atom. The Morgan fingerprint density at radius 2 is 2.06 bits per heavy atom. The molecule has 3 heterocycles. The molecule has 1 aromatic rings. The van der Waals surface area contributed by atoms with E-state index in [0.29, 0.717) is 18.2 Å². The zero-order valence-corrected chi connectivity index (χ0v) is 11.5. The summed E-state index contributed by atoms with van der Waals surface area (Å²) in [6.07, 6.45) is 9.09. The minimum Gasteiger partial charge on any atom is -0.381 e. The first kappa shape index (κ1) is 12.5. The first-order chi connectivity index (χ1) is 8.76. The maximum Gasteiger partial charge on any atom is 0.0785 e. The largest absolute Gasteiger partial charge is 0.381 e. The van der Waals surface area contributed by atoms with Gasteiger partial charge in [0.15, 0.2) is 0 Å². The van der Waals surface area contributed by atoms with E-state index >= 15 is 0 Å². The van der Waals surface area contributed by atoms with Gasteiger partial charge in [-0.1, -0.05) is 11.6 Å². The van der Waals surface area contributed by atoms with Gasteiger partial charge in [0.1, 0.15) is 0 Å². The van der Waals surface area contributed by atoms with Gasteiger partial charge in [-0.25, -0.2) is 0 Å². The second kappa shape index (κ2) is 5.19. The summed E-state index contributed by atoms with van der Waals surface area (Å²) < 4.78 is 7.46. The lowest BCUT2D eigenvalue weighted by atomic mass is 10.00. The highest BCUT2D eigenvalue weighted by Crippen LogP contribution is 2.36. The van der Waals surface area contributed by atoms with E-state index in [1.807, 2.05) is 18.0 Å². The number of rotatable bonds is 4. The van der Waals surface area contributed by atoms with Gasteiger partial charge in [0.2, 0.25) is 0 Å². The van der Waals surface area contributed by atoms with E-state index in [1.165, 1.54) is 25.7 Å². The van der Waals surface area contributed by atoms with Gasteiger partial charge in [0, 0.05) is 31.9 Å². The number of aromatic nitrogens is 2. The zero-order valence-electron chi connectivity index (χ0n) is 10.8. The topological polar surface area (TPSA) is 30.3 Å². The third-order valence-corrected chi connectivity index (χ3v) is 4.56. The highest BCUT2D eigenvalue weighted by atomic mass is 35.5. The molecule has 0 amide bonds. The number of nitrogens with zero attached hydrogens (tertiary/aromatic N) is 3. The molecule has 2 bridgehead atoms. The van der Waals surface area contributed by atoms with Crippen LogP contribution in [0.25, 0.3) is 0 Å². The predicted molar refractivity (Wildman–Crippen MR) is 70.8 cm³/mol. The lowest BCUT2D eigenvalue weighted by molar-refractivity contribution is 0.00441. The SMILES string of the molecule is COC1C[C@H]2CC[C@@H](C1)N2CCn1cc(Cl)cn1. The number of hydrogen-bond donors (Lipinski definition) is 0. The highest BCUT2D eigenvalue weighted by Gasteiger charge is 2.40. The third-order valence-electron chi connectivity index (χ3n) is 4.36. The summed E-state index contributed by atoms with van der Waals surface area (Å²) in [6.45, 7) is 2.00. The van der Waals surface area contributed by atoms with Crippen LogP contribution >= 0.6 is 11.6 Å². The summed E-state index contributed by atoms with van der Waals surface area (Å²) >= 11 is 5.88. The molecule has 3 atom stereocenters. The van der Waals surface area contributed by atoms with Crippen molar-refractivity contribution in [2.75, 3.05) is 13.7 Å². The number of methoxy groups -OCH3 is 1. The van der Waals surface area contributed by atoms with Crippen molar-refractivity contribution < 1.29 is 4.74 Å². The smallest absolute Gasteiger partial charge is 0.0785 e. The second-order valence-electron chi connectivity index (χ2n) is 5.37. The predicted octanol–water partition coefficient (Wildman–Crippen LogP) is 2.18. The first-order valence-electron chi connectivity index (χ1n) is 6.73. The Morgan fingerprint density at radius 1 is 1.33 bits per heavy atom. The molecule has 0 aliphatic carbocycles. The van der Waals surface area contributed by atoms with Crippen molar-refractivity contribution in [3.05, 3.63) is 17.4 Å². The van der Waals surface area contributed by atoms with Gasteiger partial charge in [0.25, 0.3) is 0 Å². The van der Waals surface area contributed by atoms with Gasteiger partial charge in [-0.3, -0.25) is 9.58 Å². The molecular formula is C13H20ClN3O. The highest BCUT2D eigenvalue weighted by molar-refractivity contribution is 6.30. The van der Waals surface area contributed by atoms with E-state index < -0.39 is 0 Å². The standard InChI is InChI=1S/C13H20ClN3O/c1-18-13-6-11-2-3-12(7-13)17(11)5-4-16-9-10(14)8-15-16/h8-9,11-13H,2-7H2,1H3/t11-,12+,13?. The van der Waals surface area contributed by atoms with Gasteiger partial charge in [0.05, 0.1) is 23.9 Å². The molecule has 2 saturated heterocycles. The fraction of sp³-hybridized carbons (Fsp3) is 0.769. The molecule has 2 aliphatic heterocycles. The summed E-state index contributed by atoms with van der Waals surface area (Å²) in [6, 6.07) is 1.42. The van der Waals surface area contributed by atoms with Crippen molar-refractivity contribution in [2.45, 2.75) is 50.4 Å². The number of hydrogen-bond acceptors (Lipinski definition) is 3. The van der Waals surface area contributed by atoms with E-state index in [1.54, 1.807) is 6.20 Å². The Bertz CT molecular complexity index is 395. The van der Waals surface area contributed by atoms with Crippen molar-refractivity contribution in [3.63, 3.8) is 0 Å². The monoisotopic (exact) mass is 269 g/mol. The van der Waals surface area contributed by atoms with Crippen LogP contribution in [0.2, 0.25) is 5.02 Å². The molecule has 0 N–H and O–H groups in total. The Balaban J connectivity index is 1.58. The Kier molecular flexibility index (Phi) is 3.59. The lowest BCUT2D eigenvalue weighted by Gasteiger charge is -2.38. The average molecular weight is 270 g/mol. The van der Waals surface area contributed by atoms with Crippen molar-refractivity contribution in [2.24, 2.45) is 0 Å². The molecule has 5 heteroatoms. The molecule has 1 aromatic heterocycles. The molecule has 0 saturated carbocycles. The lowest BCUT2D eigenvalue weighted by Crippen LogP contribution is -2.46. The van der Waals surface area contributed by atoms with Crippen LogP contribution in [0, 0.1) is 0 Å². The molecule has 0 spiro atoms. The number of fused-ring (bicyclic) bond motifs is 2. The summed E-state index contributed by atoms with van der Waals surface area (Å²) in [4.78, 5) is 2.64. The molecule has 18 heavy (non-hydrogen) atoms. The molecule has 2 aliphatic rings. The minimum atomic E-state index is 0.470. The molecule has 2 fully saturated rings. The zero-order chi connectivity index (χ0) is 12.5. The van der Waals surface area contributed by atoms with Gasteiger partial charge in [-0.05, 0) is 25.7 Å². The summed E-state index contributed by atoms with van der Waals surface area (Å²) in [5, 5.41) is 4.95. The second-order valence-corrected chi connectivity index (χ2v) is 5.81. The first-order valence-corrected chi connectivity index (χ1v) is 7.10. The normalized spacial score (nSPS) is 32.0. The van der Waals surface area contributed by atoms with E-state index in [0.717, 1.165) is 18.1 Å². The van der Waals surface area contributed by atoms with E-state index in [9.17, 15) is 0 Å². The Hall–Kier alpha value is -0.580. The maximum absolute atomic E-state index is 5.88.